The third-order valence-corrected chi connectivity index (χ3v) is 3.08. The molecule has 1 aliphatic heterocycles. The van der Waals surface area contributed by atoms with Crippen LogP contribution in [-0.2, 0) is 4.74 Å². The Hall–Kier alpha value is -0.900. The van der Waals surface area contributed by atoms with Crippen LogP contribution in [0.5, 0.6) is 0 Å². The number of rotatable bonds is 2. The molecule has 0 aromatic carbocycles. The largest absolute Gasteiger partial charge is 0.380 e. The van der Waals surface area contributed by atoms with E-state index in [-0.39, 0.29) is 0 Å². The Morgan fingerprint density at radius 2 is 2.23 bits per heavy atom. The first-order chi connectivity index (χ1) is 6.45. The molecule has 1 aromatic rings. The molecule has 1 aromatic heterocycles. The quantitative estimate of drug-likeness (QED) is 0.683. The van der Waals surface area contributed by atoms with Crippen molar-refractivity contribution in [3.63, 3.8) is 0 Å². The lowest BCUT2D eigenvalue weighted by Gasteiger charge is -2.31. The topological polar surface area (TPSA) is 39.9 Å². The maximum Gasteiger partial charge on any atom is 0.0729 e. The Labute approximate surface area is 76.9 Å². The molecule has 13 heavy (non-hydrogen) atoms. The van der Waals surface area contributed by atoms with Gasteiger partial charge in [0, 0.05) is 5.92 Å². The first-order valence-electron chi connectivity index (χ1n) is 4.93. The fraction of sp³-hybridized carbons (Fsp3) is 0.778. The first-order valence-corrected chi connectivity index (χ1v) is 4.93. The van der Waals surface area contributed by atoms with E-state index in [1.54, 1.807) is 0 Å². The Kier molecular flexibility index (Phi) is 1.62. The van der Waals surface area contributed by atoms with Crippen LogP contribution in [0.1, 0.15) is 36.9 Å². The van der Waals surface area contributed by atoms with Crippen LogP contribution in [0.25, 0.3) is 0 Å². The summed E-state index contributed by atoms with van der Waals surface area (Å²) >= 11 is 0. The second-order valence-corrected chi connectivity index (χ2v) is 3.92. The van der Waals surface area contributed by atoms with Gasteiger partial charge in [0.25, 0.3) is 0 Å². The molecule has 0 bridgehead atoms. The van der Waals surface area contributed by atoms with Crippen LogP contribution in [0, 0.1) is 0 Å². The van der Waals surface area contributed by atoms with Crippen LogP contribution >= 0.6 is 0 Å². The van der Waals surface area contributed by atoms with E-state index in [4.69, 9.17) is 4.74 Å². The molecule has 2 heterocycles. The number of nitrogens with zero attached hydrogens (tertiary/aromatic N) is 3. The lowest BCUT2D eigenvalue weighted by atomic mass is 9.92. The van der Waals surface area contributed by atoms with Crippen molar-refractivity contribution >= 4 is 0 Å². The molecule has 0 radical (unpaired) electrons. The molecule has 3 rings (SSSR count). The molecule has 2 aliphatic rings. The van der Waals surface area contributed by atoms with Crippen LogP contribution < -0.4 is 0 Å². The third-order valence-electron chi connectivity index (χ3n) is 3.08. The highest BCUT2D eigenvalue weighted by atomic mass is 16.5. The highest BCUT2D eigenvalue weighted by Crippen LogP contribution is 2.34. The van der Waals surface area contributed by atoms with Crippen molar-refractivity contribution in [1.82, 2.24) is 15.0 Å². The summed E-state index contributed by atoms with van der Waals surface area (Å²) in [4.78, 5) is 0. The molecular formula is C9H13N3O. The number of hydrogen-bond donors (Lipinski definition) is 0. The van der Waals surface area contributed by atoms with Crippen molar-refractivity contribution in [2.24, 2.45) is 0 Å². The Bertz CT molecular complexity index is 273. The maximum absolute atomic E-state index is 5.18. The highest BCUT2D eigenvalue weighted by molar-refractivity contribution is 5.08. The van der Waals surface area contributed by atoms with Crippen molar-refractivity contribution in [3.05, 3.63) is 11.9 Å². The molecule has 0 unspecified atom stereocenters. The van der Waals surface area contributed by atoms with Crippen LogP contribution in [0.15, 0.2) is 6.20 Å². The molecule has 1 saturated heterocycles. The number of aromatic nitrogens is 3. The first kappa shape index (κ1) is 7.50. The summed E-state index contributed by atoms with van der Waals surface area (Å²) in [5.41, 5.74) is 1.27. The second-order valence-electron chi connectivity index (χ2n) is 3.92. The molecule has 1 saturated carbocycles. The summed E-state index contributed by atoms with van der Waals surface area (Å²) < 4.78 is 7.28. The highest BCUT2D eigenvalue weighted by Gasteiger charge is 2.29. The molecule has 0 atom stereocenters. The van der Waals surface area contributed by atoms with Crippen molar-refractivity contribution in [1.29, 1.82) is 0 Å². The lowest BCUT2D eigenvalue weighted by molar-refractivity contribution is 0.00342. The summed E-state index contributed by atoms with van der Waals surface area (Å²) in [5, 5.41) is 8.14. The smallest absolute Gasteiger partial charge is 0.0729 e. The van der Waals surface area contributed by atoms with Gasteiger partial charge in [-0.15, -0.1) is 5.10 Å². The standard InChI is InChI=1S/C9H13N3O/c1-2-8(3-1)12-9(4-10-11-12)7-5-13-6-7/h4,7-8H,1-3,5-6H2. The van der Waals surface area contributed by atoms with E-state index in [9.17, 15) is 0 Å². The van der Waals surface area contributed by atoms with Gasteiger partial charge in [0.2, 0.25) is 0 Å². The third kappa shape index (κ3) is 1.09. The fourth-order valence-corrected chi connectivity index (χ4v) is 1.87. The minimum atomic E-state index is 0.551. The molecule has 1 aliphatic carbocycles. The average Bonchev–Trinajstić information content (AvgIpc) is 2.30. The molecule has 70 valence electrons. The monoisotopic (exact) mass is 179 g/mol. The van der Waals surface area contributed by atoms with Crippen molar-refractivity contribution in [2.75, 3.05) is 13.2 Å². The van der Waals surface area contributed by atoms with Gasteiger partial charge >= 0.3 is 0 Å². The predicted molar refractivity (Wildman–Crippen MR) is 46.5 cm³/mol. The molecule has 0 spiro atoms. The Morgan fingerprint density at radius 3 is 2.77 bits per heavy atom. The maximum atomic E-state index is 5.18. The van der Waals surface area contributed by atoms with Crippen molar-refractivity contribution in [3.8, 4) is 0 Å². The van der Waals surface area contributed by atoms with Crippen LogP contribution in [0.4, 0.5) is 0 Å². The summed E-state index contributed by atoms with van der Waals surface area (Å²) in [6.45, 7) is 1.69. The fourth-order valence-electron chi connectivity index (χ4n) is 1.87. The SMILES string of the molecule is c1nnn(C2CCC2)c1C1COC1. The summed E-state index contributed by atoms with van der Waals surface area (Å²) in [6, 6.07) is 0.623. The van der Waals surface area contributed by atoms with Gasteiger partial charge < -0.3 is 4.74 Å². The van der Waals surface area contributed by atoms with E-state index in [2.05, 4.69) is 15.0 Å². The zero-order chi connectivity index (χ0) is 8.67. The average molecular weight is 179 g/mol. The molecule has 2 fully saturated rings. The minimum Gasteiger partial charge on any atom is -0.380 e. The minimum absolute atomic E-state index is 0.551. The van der Waals surface area contributed by atoms with Gasteiger partial charge in [0.15, 0.2) is 0 Å². The van der Waals surface area contributed by atoms with E-state index >= 15 is 0 Å². The zero-order valence-electron chi connectivity index (χ0n) is 7.52. The van der Waals surface area contributed by atoms with E-state index in [1.165, 1.54) is 25.0 Å². The molecule has 0 amide bonds. The Morgan fingerprint density at radius 1 is 1.38 bits per heavy atom. The van der Waals surface area contributed by atoms with Crippen molar-refractivity contribution in [2.45, 2.75) is 31.2 Å². The normalized spacial score (nSPS) is 24.0. The Balaban J connectivity index is 1.86. The summed E-state index contributed by atoms with van der Waals surface area (Å²) in [5.74, 6) is 0.551. The van der Waals surface area contributed by atoms with Crippen molar-refractivity contribution < 1.29 is 4.74 Å². The van der Waals surface area contributed by atoms with Crippen LogP contribution in [-0.4, -0.2) is 28.2 Å². The second kappa shape index (κ2) is 2.80. The van der Waals surface area contributed by atoms with Gasteiger partial charge in [-0.25, -0.2) is 4.68 Å². The summed E-state index contributed by atoms with van der Waals surface area (Å²) in [7, 11) is 0. The molecule has 0 N–H and O–H groups in total. The molecular weight excluding hydrogens is 166 g/mol. The van der Waals surface area contributed by atoms with Gasteiger partial charge in [0.05, 0.1) is 31.1 Å². The molecule has 4 heteroatoms. The van der Waals surface area contributed by atoms with E-state index in [0.717, 1.165) is 13.2 Å². The lowest BCUT2D eigenvalue weighted by Crippen LogP contribution is -2.30. The predicted octanol–water partition coefficient (Wildman–Crippen LogP) is 1.12. The van der Waals surface area contributed by atoms with E-state index < -0.39 is 0 Å². The van der Waals surface area contributed by atoms with Crippen LogP contribution in [0.3, 0.4) is 0 Å². The van der Waals surface area contributed by atoms with Gasteiger partial charge in [-0.2, -0.15) is 0 Å². The van der Waals surface area contributed by atoms with Gasteiger partial charge in [-0.3, -0.25) is 0 Å². The van der Waals surface area contributed by atoms with Crippen LogP contribution in [0.2, 0.25) is 0 Å². The van der Waals surface area contributed by atoms with Gasteiger partial charge in [-0.05, 0) is 19.3 Å². The number of ether oxygens (including phenoxy) is 1. The number of hydrogen-bond acceptors (Lipinski definition) is 3. The van der Waals surface area contributed by atoms with E-state index in [1.807, 2.05) is 6.20 Å². The zero-order valence-corrected chi connectivity index (χ0v) is 7.52. The molecule has 4 nitrogen and oxygen atoms in total. The van der Waals surface area contributed by atoms with Gasteiger partial charge in [0.1, 0.15) is 0 Å². The summed E-state index contributed by atoms with van der Waals surface area (Å²) in [6.07, 6.45) is 5.77. The van der Waals surface area contributed by atoms with Gasteiger partial charge in [-0.1, -0.05) is 5.21 Å². The van der Waals surface area contributed by atoms with E-state index in [0.29, 0.717) is 12.0 Å².